The van der Waals surface area contributed by atoms with Crippen LogP contribution in [0, 0.1) is 13.8 Å². The third-order valence-electron chi connectivity index (χ3n) is 5.56. The van der Waals surface area contributed by atoms with Crippen molar-refractivity contribution >= 4 is 29.1 Å². The Kier molecular flexibility index (Phi) is 5.44. The van der Waals surface area contributed by atoms with Crippen LogP contribution in [0.1, 0.15) is 59.9 Å². The van der Waals surface area contributed by atoms with E-state index in [4.69, 9.17) is 9.72 Å². The molecule has 1 fully saturated rings. The quantitative estimate of drug-likeness (QED) is 0.599. The van der Waals surface area contributed by atoms with Crippen molar-refractivity contribution in [1.82, 2.24) is 9.55 Å². The molecule has 2 heterocycles. The molecule has 1 aromatic heterocycles. The van der Waals surface area contributed by atoms with Gasteiger partial charge in [-0.05, 0) is 44.9 Å². The van der Waals surface area contributed by atoms with E-state index in [0.29, 0.717) is 28.8 Å². The Morgan fingerprint density at radius 1 is 1.29 bits per heavy atom. The molecule has 148 valence electrons. The fourth-order valence-corrected chi connectivity index (χ4v) is 4.99. The Bertz CT molecular complexity index is 916. The molecule has 0 bridgehead atoms. The first-order valence-electron chi connectivity index (χ1n) is 9.81. The minimum Gasteiger partial charge on any atom is -0.482 e. The highest BCUT2D eigenvalue weighted by Crippen LogP contribution is 2.35. The van der Waals surface area contributed by atoms with Crippen LogP contribution < -0.4 is 10.1 Å². The maximum absolute atomic E-state index is 12.8. The van der Waals surface area contributed by atoms with Crippen LogP contribution in [0.5, 0.6) is 5.75 Å². The molecule has 28 heavy (non-hydrogen) atoms. The van der Waals surface area contributed by atoms with Crippen molar-refractivity contribution in [2.75, 3.05) is 17.7 Å². The Balaban J connectivity index is 1.49. The summed E-state index contributed by atoms with van der Waals surface area (Å²) in [6.45, 7) is 4.17. The molecule has 1 saturated carbocycles. The zero-order chi connectivity index (χ0) is 19.7. The Morgan fingerprint density at radius 3 is 2.86 bits per heavy atom. The third-order valence-corrected chi connectivity index (χ3v) is 6.51. The first-order chi connectivity index (χ1) is 13.5. The number of benzene rings is 1. The highest BCUT2D eigenvalue weighted by molar-refractivity contribution is 7.99. The molecule has 2 aliphatic rings. The fourth-order valence-electron chi connectivity index (χ4n) is 3.94. The van der Waals surface area contributed by atoms with Crippen molar-refractivity contribution in [2.24, 2.45) is 0 Å². The predicted molar refractivity (Wildman–Crippen MR) is 109 cm³/mol. The molecule has 1 aliphatic heterocycles. The number of Topliss-reactive ketones (excluding diaryl/α,β-unsaturated/α-hetero) is 1. The van der Waals surface area contributed by atoms with Crippen molar-refractivity contribution in [1.29, 1.82) is 0 Å². The molecular formula is C21H25N3O3S. The maximum atomic E-state index is 12.8. The minimum absolute atomic E-state index is 0.0126. The Labute approximate surface area is 169 Å². The van der Waals surface area contributed by atoms with Gasteiger partial charge < -0.3 is 14.6 Å². The second-order valence-corrected chi connectivity index (χ2v) is 8.43. The van der Waals surface area contributed by atoms with Gasteiger partial charge in [0, 0.05) is 17.3 Å². The normalized spacial score (nSPS) is 17.0. The SMILES string of the molecule is Cc1nc(SCC(=O)c2ccc3c(c2)NC(=O)CO3)n(C2CCCCC2)c1C. The molecule has 0 atom stereocenters. The van der Waals surface area contributed by atoms with Gasteiger partial charge in [-0.3, -0.25) is 9.59 Å². The number of amides is 1. The molecule has 1 N–H and O–H groups in total. The summed E-state index contributed by atoms with van der Waals surface area (Å²) in [7, 11) is 0. The molecule has 1 amide bonds. The van der Waals surface area contributed by atoms with Gasteiger partial charge in [0.25, 0.3) is 5.91 Å². The number of nitrogens with one attached hydrogen (secondary N) is 1. The number of anilines is 1. The number of aryl methyl sites for hydroxylation is 1. The molecule has 7 heteroatoms. The molecule has 0 unspecified atom stereocenters. The fraction of sp³-hybridized carbons (Fsp3) is 0.476. The molecule has 2 aromatic rings. The second kappa shape index (κ2) is 7.99. The molecule has 4 rings (SSSR count). The van der Waals surface area contributed by atoms with E-state index in [1.165, 1.54) is 49.6 Å². The summed E-state index contributed by atoms with van der Waals surface area (Å²) in [4.78, 5) is 29.0. The zero-order valence-electron chi connectivity index (χ0n) is 16.3. The standard InChI is InChI=1S/C21H25N3O3S/c1-13-14(2)24(16-6-4-3-5-7-16)21(22-13)28-12-18(25)15-8-9-19-17(10-15)23-20(26)11-27-19/h8-10,16H,3-7,11-12H2,1-2H3,(H,23,26). The van der Waals surface area contributed by atoms with Gasteiger partial charge in [0.05, 0.1) is 17.1 Å². The average Bonchev–Trinajstić information content (AvgIpc) is 2.99. The van der Waals surface area contributed by atoms with Crippen LogP contribution in [0.2, 0.25) is 0 Å². The van der Waals surface area contributed by atoms with Gasteiger partial charge in [-0.15, -0.1) is 0 Å². The van der Waals surface area contributed by atoms with Crippen LogP contribution >= 0.6 is 11.8 Å². The number of rotatable bonds is 5. The van der Waals surface area contributed by atoms with E-state index in [1.54, 1.807) is 18.2 Å². The van der Waals surface area contributed by atoms with Crippen LogP contribution in [-0.2, 0) is 4.79 Å². The van der Waals surface area contributed by atoms with E-state index in [1.807, 2.05) is 6.92 Å². The zero-order valence-corrected chi connectivity index (χ0v) is 17.1. The summed E-state index contributed by atoms with van der Waals surface area (Å²) in [6, 6.07) is 5.68. The van der Waals surface area contributed by atoms with Crippen molar-refractivity contribution in [3.05, 3.63) is 35.2 Å². The summed E-state index contributed by atoms with van der Waals surface area (Å²) in [5, 5.41) is 3.69. The number of fused-ring (bicyclic) bond motifs is 1. The molecular weight excluding hydrogens is 374 g/mol. The van der Waals surface area contributed by atoms with Gasteiger partial charge in [-0.2, -0.15) is 0 Å². The second-order valence-electron chi connectivity index (χ2n) is 7.49. The van der Waals surface area contributed by atoms with Crippen LogP contribution in [-0.4, -0.2) is 33.6 Å². The summed E-state index contributed by atoms with van der Waals surface area (Å²) in [5.41, 5.74) is 3.37. The number of ether oxygens (including phenoxy) is 1. The molecule has 0 spiro atoms. The van der Waals surface area contributed by atoms with Crippen LogP contribution in [0.25, 0.3) is 0 Å². The maximum Gasteiger partial charge on any atom is 0.262 e. The summed E-state index contributed by atoms with van der Waals surface area (Å²) < 4.78 is 7.70. The van der Waals surface area contributed by atoms with Crippen molar-refractivity contribution in [2.45, 2.75) is 57.1 Å². The number of carbonyl (C=O) groups is 2. The lowest BCUT2D eigenvalue weighted by Gasteiger charge is -2.26. The molecule has 0 saturated heterocycles. The van der Waals surface area contributed by atoms with Gasteiger partial charge in [0.15, 0.2) is 17.5 Å². The minimum atomic E-state index is -0.202. The number of nitrogens with zero attached hydrogens (tertiary/aromatic N) is 2. The van der Waals surface area contributed by atoms with Crippen LogP contribution in [0.15, 0.2) is 23.4 Å². The number of carbonyl (C=O) groups excluding carboxylic acids is 2. The van der Waals surface area contributed by atoms with E-state index in [0.717, 1.165) is 10.9 Å². The van der Waals surface area contributed by atoms with E-state index < -0.39 is 0 Å². The molecule has 0 radical (unpaired) electrons. The summed E-state index contributed by atoms with van der Waals surface area (Å²) in [5.74, 6) is 0.729. The summed E-state index contributed by atoms with van der Waals surface area (Å²) >= 11 is 1.50. The first-order valence-corrected chi connectivity index (χ1v) is 10.8. The smallest absolute Gasteiger partial charge is 0.262 e. The van der Waals surface area contributed by atoms with Gasteiger partial charge in [-0.25, -0.2) is 4.98 Å². The highest BCUT2D eigenvalue weighted by Gasteiger charge is 2.23. The predicted octanol–water partition coefficient (Wildman–Crippen LogP) is 4.31. The average molecular weight is 400 g/mol. The lowest BCUT2D eigenvalue weighted by molar-refractivity contribution is -0.118. The number of imidazole rings is 1. The lowest BCUT2D eigenvalue weighted by Crippen LogP contribution is -2.25. The van der Waals surface area contributed by atoms with Crippen molar-refractivity contribution in [3.8, 4) is 5.75 Å². The molecule has 1 aliphatic carbocycles. The van der Waals surface area contributed by atoms with Gasteiger partial charge in [0.1, 0.15) is 5.75 Å². The largest absolute Gasteiger partial charge is 0.482 e. The van der Waals surface area contributed by atoms with E-state index >= 15 is 0 Å². The van der Waals surface area contributed by atoms with E-state index in [9.17, 15) is 9.59 Å². The third kappa shape index (κ3) is 3.81. The highest BCUT2D eigenvalue weighted by atomic mass is 32.2. The number of hydrogen-bond donors (Lipinski definition) is 1. The Hall–Kier alpha value is -2.28. The number of ketones is 1. The van der Waals surface area contributed by atoms with Crippen LogP contribution in [0.3, 0.4) is 0 Å². The number of thioether (sulfide) groups is 1. The topological polar surface area (TPSA) is 73.2 Å². The summed E-state index contributed by atoms with van der Waals surface area (Å²) in [6.07, 6.45) is 6.19. The van der Waals surface area contributed by atoms with E-state index in [-0.39, 0.29) is 18.3 Å². The van der Waals surface area contributed by atoms with Gasteiger partial charge >= 0.3 is 0 Å². The van der Waals surface area contributed by atoms with Gasteiger partial charge in [-0.1, -0.05) is 31.0 Å². The number of aromatic nitrogens is 2. The number of hydrogen-bond acceptors (Lipinski definition) is 5. The monoisotopic (exact) mass is 399 g/mol. The van der Waals surface area contributed by atoms with Crippen LogP contribution in [0.4, 0.5) is 5.69 Å². The van der Waals surface area contributed by atoms with Crippen molar-refractivity contribution < 1.29 is 14.3 Å². The molecule has 6 nitrogen and oxygen atoms in total. The molecule has 1 aromatic carbocycles. The lowest BCUT2D eigenvalue weighted by atomic mass is 9.95. The van der Waals surface area contributed by atoms with Gasteiger partial charge in [0.2, 0.25) is 0 Å². The Morgan fingerprint density at radius 2 is 2.07 bits per heavy atom. The first kappa shape index (κ1) is 19.1. The van der Waals surface area contributed by atoms with Crippen molar-refractivity contribution in [3.63, 3.8) is 0 Å². The van der Waals surface area contributed by atoms with E-state index in [2.05, 4.69) is 16.8 Å².